The number of aliphatic carboxylic acids is 1. The van der Waals surface area contributed by atoms with E-state index in [0.717, 1.165) is 11.5 Å². The topological polar surface area (TPSA) is 137 Å². The Morgan fingerprint density at radius 1 is 1.27 bits per heavy atom. The highest BCUT2D eigenvalue weighted by molar-refractivity contribution is 7.09. The molecule has 0 saturated carbocycles. The van der Waals surface area contributed by atoms with E-state index in [-0.39, 0.29) is 11.0 Å². The minimum Gasteiger partial charge on any atom is -0.476 e. The molecular formula is C16H18N4O5S. The van der Waals surface area contributed by atoms with E-state index in [4.69, 9.17) is 15.3 Å². The van der Waals surface area contributed by atoms with Gasteiger partial charge >= 0.3 is 11.9 Å². The Morgan fingerprint density at radius 3 is 2.42 bits per heavy atom. The molecule has 9 nitrogen and oxygen atoms in total. The summed E-state index contributed by atoms with van der Waals surface area (Å²) in [7, 11) is 0. The van der Waals surface area contributed by atoms with Gasteiger partial charge in [0.25, 0.3) is 0 Å². The number of carbonyl (C=O) groups is 2. The van der Waals surface area contributed by atoms with E-state index in [1.165, 1.54) is 0 Å². The summed E-state index contributed by atoms with van der Waals surface area (Å²) in [4.78, 5) is 32.9. The number of rotatable bonds is 6. The number of esters is 1. The molecule has 2 rings (SSSR count). The van der Waals surface area contributed by atoms with Crippen molar-refractivity contribution >= 4 is 34.3 Å². The van der Waals surface area contributed by atoms with Gasteiger partial charge in [0.15, 0.2) is 5.13 Å². The van der Waals surface area contributed by atoms with Gasteiger partial charge in [-0.1, -0.05) is 35.5 Å². The van der Waals surface area contributed by atoms with Crippen LogP contribution in [-0.2, 0) is 19.2 Å². The average Bonchev–Trinajstić information content (AvgIpc) is 2.96. The number of hydrogen-bond donors (Lipinski definition) is 2. The molecule has 1 atom stereocenters. The number of nitrogens with zero attached hydrogens (tertiary/aromatic N) is 3. The number of aromatic nitrogens is 2. The van der Waals surface area contributed by atoms with Crippen LogP contribution in [0, 0.1) is 0 Å². The number of ether oxygens (including phenoxy) is 1. The second-order valence-corrected chi connectivity index (χ2v) is 6.91. The van der Waals surface area contributed by atoms with Crippen molar-refractivity contribution in [1.82, 2.24) is 9.36 Å². The lowest BCUT2D eigenvalue weighted by Gasteiger charge is -2.23. The van der Waals surface area contributed by atoms with Gasteiger partial charge in [0.05, 0.1) is 0 Å². The predicted octanol–water partition coefficient (Wildman–Crippen LogP) is 2.01. The van der Waals surface area contributed by atoms with E-state index < -0.39 is 29.4 Å². The van der Waals surface area contributed by atoms with Crippen LogP contribution in [0.25, 0.3) is 0 Å². The van der Waals surface area contributed by atoms with Gasteiger partial charge in [-0.25, -0.2) is 9.59 Å². The third-order valence-electron chi connectivity index (χ3n) is 2.83. The molecule has 3 N–H and O–H groups in total. The molecule has 0 aliphatic carbocycles. The molecule has 0 saturated heterocycles. The number of hydrogen-bond acceptors (Lipinski definition) is 9. The Bertz CT molecular complexity index is 814. The van der Waals surface area contributed by atoms with Crippen LogP contribution in [0.2, 0.25) is 0 Å². The molecule has 0 radical (unpaired) electrons. The molecule has 0 spiro atoms. The largest absolute Gasteiger partial charge is 0.476 e. The third-order valence-corrected chi connectivity index (χ3v) is 3.37. The number of carboxylic acids is 1. The quantitative estimate of drug-likeness (QED) is 0.442. The van der Waals surface area contributed by atoms with Gasteiger partial charge in [0, 0.05) is 17.1 Å². The van der Waals surface area contributed by atoms with Crippen LogP contribution in [-0.4, -0.2) is 37.7 Å². The first-order valence-electron chi connectivity index (χ1n) is 7.52. The van der Waals surface area contributed by atoms with Gasteiger partial charge in [-0.3, -0.25) is 0 Å². The number of nitrogens with two attached hydrogens (primary N) is 1. The van der Waals surface area contributed by atoms with Gasteiger partial charge in [-0.15, -0.1) is 0 Å². The highest BCUT2D eigenvalue weighted by Gasteiger charge is 2.30. The highest BCUT2D eigenvalue weighted by atomic mass is 32.1. The molecule has 138 valence electrons. The second-order valence-electron chi connectivity index (χ2n) is 6.13. The van der Waals surface area contributed by atoms with Crippen LogP contribution >= 0.6 is 11.5 Å². The van der Waals surface area contributed by atoms with E-state index in [2.05, 4.69) is 14.5 Å². The molecule has 0 fully saturated rings. The summed E-state index contributed by atoms with van der Waals surface area (Å²) in [6, 6.07) is 8.47. The smallest absolute Gasteiger partial charge is 0.362 e. The summed E-state index contributed by atoms with van der Waals surface area (Å²) in [5, 5.41) is 13.0. The van der Waals surface area contributed by atoms with Gasteiger partial charge in [0.2, 0.25) is 17.6 Å². The lowest BCUT2D eigenvalue weighted by atomic mass is 10.1. The molecule has 10 heteroatoms. The molecule has 1 aromatic carbocycles. The van der Waals surface area contributed by atoms with Crippen molar-refractivity contribution in [2.75, 3.05) is 5.73 Å². The highest BCUT2D eigenvalue weighted by Crippen LogP contribution is 2.23. The lowest BCUT2D eigenvalue weighted by Crippen LogP contribution is -2.29. The monoisotopic (exact) mass is 378 g/mol. The Morgan fingerprint density at radius 2 is 1.92 bits per heavy atom. The summed E-state index contributed by atoms with van der Waals surface area (Å²) >= 11 is 0.820. The summed E-state index contributed by atoms with van der Waals surface area (Å²) in [5.41, 5.74) is 4.60. The van der Waals surface area contributed by atoms with Crippen LogP contribution < -0.4 is 5.73 Å². The fraction of sp³-hybridized carbons (Fsp3) is 0.312. The van der Waals surface area contributed by atoms with Crippen molar-refractivity contribution in [3.05, 3.63) is 41.7 Å². The van der Waals surface area contributed by atoms with Crippen LogP contribution in [0.3, 0.4) is 0 Å². The second kappa shape index (κ2) is 7.91. The van der Waals surface area contributed by atoms with Crippen LogP contribution in [0.4, 0.5) is 5.13 Å². The zero-order valence-corrected chi connectivity index (χ0v) is 15.2. The molecule has 0 amide bonds. The SMILES string of the molecule is CC(C)(C)OC(=O)C(O/N=C(\C(=O)O)c1nsc(N)n1)c1ccccc1. The number of anilines is 1. The van der Waals surface area contributed by atoms with Gasteiger partial charge in [-0.05, 0) is 20.8 Å². The number of carbonyl (C=O) groups excluding carboxylic acids is 1. The fourth-order valence-electron chi connectivity index (χ4n) is 1.84. The first kappa shape index (κ1) is 19.3. The third kappa shape index (κ3) is 5.24. The van der Waals surface area contributed by atoms with Crippen molar-refractivity contribution in [3.63, 3.8) is 0 Å². The maximum absolute atomic E-state index is 12.5. The molecule has 0 aliphatic rings. The molecule has 0 aliphatic heterocycles. The zero-order valence-electron chi connectivity index (χ0n) is 14.4. The Hall–Kier alpha value is -3.01. The number of carboxylic acid groups (broad SMARTS) is 1. The first-order valence-corrected chi connectivity index (χ1v) is 8.29. The lowest BCUT2D eigenvalue weighted by molar-refractivity contribution is -0.169. The molecule has 2 aromatic rings. The first-order chi connectivity index (χ1) is 12.2. The maximum Gasteiger partial charge on any atom is 0.362 e. The summed E-state index contributed by atoms with van der Waals surface area (Å²) < 4.78 is 9.12. The molecule has 1 heterocycles. The van der Waals surface area contributed by atoms with Crippen molar-refractivity contribution in [1.29, 1.82) is 0 Å². The molecule has 26 heavy (non-hydrogen) atoms. The van der Waals surface area contributed by atoms with E-state index in [1.807, 2.05) is 0 Å². The predicted molar refractivity (Wildman–Crippen MR) is 94.6 cm³/mol. The number of nitrogen functional groups attached to an aromatic ring is 1. The van der Waals surface area contributed by atoms with E-state index in [0.29, 0.717) is 5.56 Å². The Labute approximate surface area is 153 Å². The minimum atomic E-state index is -1.42. The van der Waals surface area contributed by atoms with E-state index >= 15 is 0 Å². The molecule has 1 aromatic heterocycles. The van der Waals surface area contributed by atoms with Gasteiger partial charge < -0.3 is 20.4 Å². The standard InChI is InChI=1S/C16H18N4O5S/c1-16(2,3)24-14(23)11(9-7-5-4-6-8-9)25-19-10(13(21)22)12-18-15(17)26-20-12/h4-8,11H,1-3H3,(H,21,22)(H2,17,18,20)/b19-10-. The summed E-state index contributed by atoms with van der Waals surface area (Å²) in [6.45, 7) is 5.13. The fourth-order valence-corrected chi connectivity index (χ4v) is 2.27. The maximum atomic E-state index is 12.5. The summed E-state index contributed by atoms with van der Waals surface area (Å²) in [6.07, 6.45) is -1.25. The van der Waals surface area contributed by atoms with Crippen LogP contribution in [0.15, 0.2) is 35.5 Å². The normalized spacial score (nSPS) is 13.1. The Kier molecular flexibility index (Phi) is 5.88. The van der Waals surface area contributed by atoms with E-state index in [9.17, 15) is 14.7 Å². The van der Waals surface area contributed by atoms with Crippen molar-refractivity contribution in [2.24, 2.45) is 5.16 Å². The van der Waals surface area contributed by atoms with Crippen molar-refractivity contribution in [3.8, 4) is 0 Å². The van der Waals surface area contributed by atoms with Crippen LogP contribution in [0.5, 0.6) is 0 Å². The number of oxime groups is 1. The molecule has 0 bridgehead atoms. The Balaban J connectivity index is 2.33. The average molecular weight is 378 g/mol. The molecule has 1 unspecified atom stereocenters. The number of benzene rings is 1. The van der Waals surface area contributed by atoms with Gasteiger partial charge in [0.1, 0.15) is 5.60 Å². The van der Waals surface area contributed by atoms with Crippen LogP contribution in [0.1, 0.15) is 38.3 Å². The van der Waals surface area contributed by atoms with Gasteiger partial charge in [-0.2, -0.15) is 9.36 Å². The minimum absolute atomic E-state index is 0.0840. The summed E-state index contributed by atoms with van der Waals surface area (Å²) in [5.74, 6) is -2.32. The van der Waals surface area contributed by atoms with E-state index in [1.54, 1.807) is 51.1 Å². The van der Waals surface area contributed by atoms with Crippen molar-refractivity contribution in [2.45, 2.75) is 32.5 Å². The van der Waals surface area contributed by atoms with Crippen molar-refractivity contribution < 1.29 is 24.3 Å². The zero-order chi connectivity index (χ0) is 19.3. The molecular weight excluding hydrogens is 360 g/mol.